The molecule has 0 heterocycles. The van der Waals surface area contributed by atoms with Crippen molar-refractivity contribution in [3.63, 3.8) is 0 Å². The van der Waals surface area contributed by atoms with Crippen molar-refractivity contribution in [1.29, 1.82) is 0 Å². The normalized spacial score (nSPS) is 11.9. The zero-order valence-corrected chi connectivity index (χ0v) is 20.2. The van der Waals surface area contributed by atoms with Crippen LogP contribution in [0.1, 0.15) is 98.3 Å². The Kier molecular flexibility index (Phi) is 19.5. The quantitative estimate of drug-likeness (QED) is 0.164. The lowest BCUT2D eigenvalue weighted by Crippen LogP contribution is -2.47. The highest BCUT2D eigenvalue weighted by molar-refractivity contribution is 8.13. The van der Waals surface area contributed by atoms with E-state index in [4.69, 9.17) is 13.3 Å². The highest BCUT2D eigenvalue weighted by Crippen LogP contribution is 2.22. The molecule has 0 atom stereocenters. The van der Waals surface area contributed by atoms with Crippen LogP contribution in [0.15, 0.2) is 0 Å². The summed E-state index contributed by atoms with van der Waals surface area (Å²) >= 11 is 1.43. The summed E-state index contributed by atoms with van der Waals surface area (Å²) in [4.78, 5) is 12.1. The molecule has 0 N–H and O–H groups in total. The number of carbonyl (C=O) groups is 1. The minimum atomic E-state index is -2.69. The molecule has 0 rings (SSSR count). The van der Waals surface area contributed by atoms with Crippen molar-refractivity contribution in [3.05, 3.63) is 0 Å². The average Bonchev–Trinajstić information content (AvgIpc) is 2.66. The van der Waals surface area contributed by atoms with Crippen LogP contribution in [0.2, 0.25) is 6.04 Å². The van der Waals surface area contributed by atoms with Gasteiger partial charge in [-0.1, -0.05) is 78.0 Å². The van der Waals surface area contributed by atoms with Gasteiger partial charge in [0, 0.05) is 38.0 Å². The SMILES string of the molecule is CCCCCCC(=O)SCC[Si](OCCCC)(OCCCC)OCCCC. The Balaban J connectivity index is 4.57. The summed E-state index contributed by atoms with van der Waals surface area (Å²) in [7, 11) is -2.69. The Bertz CT molecular complexity index is 316. The van der Waals surface area contributed by atoms with E-state index in [1.807, 2.05) is 0 Å². The van der Waals surface area contributed by atoms with Gasteiger partial charge in [-0.3, -0.25) is 4.79 Å². The topological polar surface area (TPSA) is 44.8 Å². The van der Waals surface area contributed by atoms with Gasteiger partial charge in [-0.05, 0) is 25.7 Å². The summed E-state index contributed by atoms with van der Waals surface area (Å²) in [5, 5.41) is 0.296. The Hall–Kier alpha value is 0.117. The van der Waals surface area contributed by atoms with Crippen molar-refractivity contribution in [2.75, 3.05) is 25.6 Å². The van der Waals surface area contributed by atoms with Crippen molar-refractivity contribution in [3.8, 4) is 0 Å². The molecule has 0 spiro atoms. The molecule has 4 nitrogen and oxygen atoms in total. The number of carbonyl (C=O) groups excluding carboxylic acids is 1. The Morgan fingerprint density at radius 3 is 1.63 bits per heavy atom. The molecule has 0 aromatic heterocycles. The highest BCUT2D eigenvalue weighted by Gasteiger charge is 2.40. The molecule has 0 fully saturated rings. The van der Waals surface area contributed by atoms with E-state index in [1.165, 1.54) is 24.6 Å². The first-order chi connectivity index (χ1) is 13.1. The van der Waals surface area contributed by atoms with Crippen molar-refractivity contribution < 1.29 is 18.1 Å². The summed E-state index contributed by atoms with van der Waals surface area (Å²) in [6.45, 7) is 10.8. The van der Waals surface area contributed by atoms with E-state index in [0.717, 1.165) is 63.2 Å². The van der Waals surface area contributed by atoms with Crippen LogP contribution in [0.4, 0.5) is 0 Å². The second-order valence-corrected chi connectivity index (χ2v) is 11.0. The zero-order chi connectivity index (χ0) is 20.2. The molecular weight excluding hydrogens is 376 g/mol. The van der Waals surface area contributed by atoms with Gasteiger partial charge in [-0.25, -0.2) is 0 Å². The maximum atomic E-state index is 12.1. The fourth-order valence-corrected chi connectivity index (χ4v) is 6.49. The van der Waals surface area contributed by atoms with Gasteiger partial charge in [0.2, 0.25) is 0 Å². The summed E-state index contributed by atoms with van der Waals surface area (Å²) < 4.78 is 18.7. The summed E-state index contributed by atoms with van der Waals surface area (Å²) in [6, 6.07) is 0.732. The van der Waals surface area contributed by atoms with Crippen LogP contribution >= 0.6 is 11.8 Å². The minimum Gasteiger partial charge on any atom is -0.373 e. The van der Waals surface area contributed by atoms with Crippen molar-refractivity contribution in [1.82, 2.24) is 0 Å². The van der Waals surface area contributed by atoms with Gasteiger partial charge in [0.05, 0.1) is 0 Å². The van der Waals surface area contributed by atoms with E-state index in [1.54, 1.807) is 0 Å². The predicted octanol–water partition coefficient (Wildman–Crippen LogP) is 6.61. The van der Waals surface area contributed by atoms with Gasteiger partial charge >= 0.3 is 8.80 Å². The third kappa shape index (κ3) is 15.7. The Morgan fingerprint density at radius 2 is 1.19 bits per heavy atom. The fraction of sp³-hybridized carbons (Fsp3) is 0.952. The Labute approximate surface area is 173 Å². The molecule has 0 amide bonds. The van der Waals surface area contributed by atoms with E-state index in [-0.39, 0.29) is 0 Å². The van der Waals surface area contributed by atoms with Crippen LogP contribution in [0.25, 0.3) is 0 Å². The Morgan fingerprint density at radius 1 is 0.704 bits per heavy atom. The first kappa shape index (κ1) is 27.1. The second kappa shape index (κ2) is 19.4. The molecule has 0 bridgehead atoms. The molecule has 6 heteroatoms. The lowest BCUT2D eigenvalue weighted by Gasteiger charge is -2.30. The number of hydrogen-bond acceptors (Lipinski definition) is 5. The summed E-state index contributed by atoms with van der Waals surface area (Å²) in [6.07, 6.45) is 11.6. The lowest BCUT2D eigenvalue weighted by atomic mass is 10.2. The lowest BCUT2D eigenvalue weighted by molar-refractivity contribution is -0.111. The van der Waals surface area contributed by atoms with E-state index in [9.17, 15) is 4.79 Å². The third-order valence-electron chi connectivity index (χ3n) is 4.37. The van der Waals surface area contributed by atoms with Gasteiger partial charge in [-0.15, -0.1) is 0 Å². The number of unbranched alkanes of at least 4 members (excludes halogenated alkanes) is 6. The van der Waals surface area contributed by atoms with Gasteiger partial charge in [0.15, 0.2) is 5.12 Å². The first-order valence-electron chi connectivity index (χ1n) is 11.2. The highest BCUT2D eigenvalue weighted by atomic mass is 32.2. The van der Waals surface area contributed by atoms with Gasteiger partial charge in [-0.2, -0.15) is 0 Å². The van der Waals surface area contributed by atoms with Crippen molar-refractivity contribution >= 4 is 25.7 Å². The molecule has 0 aliphatic heterocycles. The number of thioether (sulfide) groups is 1. The minimum absolute atomic E-state index is 0.296. The van der Waals surface area contributed by atoms with Crippen LogP contribution < -0.4 is 0 Å². The summed E-state index contributed by atoms with van der Waals surface area (Å²) in [5.41, 5.74) is 0. The summed E-state index contributed by atoms with van der Waals surface area (Å²) in [5.74, 6) is 0.739. The van der Waals surface area contributed by atoms with E-state index >= 15 is 0 Å². The molecule has 0 aromatic rings. The third-order valence-corrected chi connectivity index (χ3v) is 8.46. The molecule has 0 aliphatic rings. The largest absolute Gasteiger partial charge is 0.501 e. The van der Waals surface area contributed by atoms with Crippen molar-refractivity contribution in [2.45, 2.75) is 104 Å². The number of rotatable bonds is 20. The van der Waals surface area contributed by atoms with Gasteiger partial charge in [0.25, 0.3) is 0 Å². The molecule has 162 valence electrons. The van der Waals surface area contributed by atoms with E-state index in [0.29, 0.717) is 31.4 Å². The molecular formula is C21H44O4SSi. The van der Waals surface area contributed by atoms with Gasteiger partial charge in [0.1, 0.15) is 0 Å². The molecule has 0 aromatic carbocycles. The number of hydrogen-bond donors (Lipinski definition) is 0. The monoisotopic (exact) mass is 420 g/mol. The van der Waals surface area contributed by atoms with Crippen LogP contribution in [0, 0.1) is 0 Å². The molecule has 27 heavy (non-hydrogen) atoms. The maximum absolute atomic E-state index is 12.1. The smallest absolute Gasteiger partial charge is 0.373 e. The van der Waals surface area contributed by atoms with E-state index in [2.05, 4.69) is 27.7 Å². The zero-order valence-electron chi connectivity index (χ0n) is 18.4. The second-order valence-electron chi connectivity index (χ2n) is 7.07. The van der Waals surface area contributed by atoms with E-state index < -0.39 is 8.80 Å². The predicted molar refractivity (Wildman–Crippen MR) is 119 cm³/mol. The first-order valence-corrected chi connectivity index (χ1v) is 14.1. The van der Waals surface area contributed by atoms with Crippen LogP contribution in [0.3, 0.4) is 0 Å². The molecule has 0 saturated heterocycles. The molecule has 0 radical (unpaired) electrons. The average molecular weight is 421 g/mol. The fourth-order valence-electron chi connectivity index (χ4n) is 2.52. The van der Waals surface area contributed by atoms with Crippen LogP contribution in [0.5, 0.6) is 0 Å². The van der Waals surface area contributed by atoms with Crippen molar-refractivity contribution in [2.24, 2.45) is 0 Å². The molecule has 0 unspecified atom stereocenters. The molecule has 0 saturated carbocycles. The molecule has 0 aliphatic carbocycles. The van der Waals surface area contributed by atoms with Crippen LogP contribution in [-0.4, -0.2) is 39.5 Å². The standard InChI is InChI=1S/C21H44O4SSi/c1-5-9-13-14-15-21(22)26-19-20-27(23-16-10-6-2,24-17-11-7-3)25-18-12-8-4/h5-20H2,1-4H3. The van der Waals surface area contributed by atoms with Gasteiger partial charge < -0.3 is 13.3 Å². The maximum Gasteiger partial charge on any atom is 0.501 e. The van der Waals surface area contributed by atoms with Crippen LogP contribution in [-0.2, 0) is 18.1 Å².